The number of hydrogen-bond donors (Lipinski definition) is 2. The summed E-state index contributed by atoms with van der Waals surface area (Å²) in [5.41, 5.74) is 1.68. The lowest BCUT2D eigenvalue weighted by molar-refractivity contribution is -0.151. The normalized spacial score (nSPS) is 11.4. The Bertz CT molecular complexity index is 748. The van der Waals surface area contributed by atoms with Crippen LogP contribution in [0, 0.1) is 0 Å². The molecule has 2 aromatic rings. The Morgan fingerprint density at radius 1 is 0.889 bits per heavy atom. The van der Waals surface area contributed by atoms with E-state index in [0.717, 1.165) is 11.1 Å². The molecule has 0 aliphatic carbocycles. The van der Waals surface area contributed by atoms with Crippen LogP contribution < -0.4 is 5.32 Å². The molecule has 0 spiro atoms. The highest BCUT2D eigenvalue weighted by molar-refractivity contribution is 5.87. The first kappa shape index (κ1) is 20.1. The molecule has 0 aliphatic heterocycles. The van der Waals surface area contributed by atoms with Crippen molar-refractivity contribution in [3.05, 3.63) is 71.8 Å². The highest BCUT2D eigenvalue weighted by Gasteiger charge is 2.24. The average Bonchev–Trinajstić information content (AvgIpc) is 2.67. The summed E-state index contributed by atoms with van der Waals surface area (Å²) in [4.78, 5) is 35.0. The third-order valence-electron chi connectivity index (χ3n) is 3.59. The Labute approximate surface area is 156 Å². The van der Waals surface area contributed by atoms with Crippen molar-refractivity contribution in [3.63, 3.8) is 0 Å². The second kappa shape index (κ2) is 10.7. The fraction of sp³-hybridized carbons (Fsp3) is 0.250. The number of nitrogens with one attached hydrogen (secondary N) is 1. The first-order valence-electron chi connectivity index (χ1n) is 8.38. The summed E-state index contributed by atoms with van der Waals surface area (Å²) in [7, 11) is 0. The largest absolute Gasteiger partial charge is 0.480 e. The summed E-state index contributed by atoms with van der Waals surface area (Å²) >= 11 is 0. The average molecular weight is 371 g/mol. The fourth-order valence-corrected chi connectivity index (χ4v) is 2.24. The highest BCUT2D eigenvalue weighted by Crippen LogP contribution is 2.04. The van der Waals surface area contributed by atoms with Crippen molar-refractivity contribution in [2.75, 3.05) is 6.61 Å². The van der Waals surface area contributed by atoms with Crippen LogP contribution in [-0.4, -0.2) is 35.6 Å². The minimum Gasteiger partial charge on any atom is -0.480 e. The summed E-state index contributed by atoms with van der Waals surface area (Å²) in [5, 5.41) is 11.5. The topological polar surface area (TPSA) is 102 Å². The third kappa shape index (κ3) is 7.70. The molecule has 0 bridgehead atoms. The van der Waals surface area contributed by atoms with Crippen LogP contribution >= 0.6 is 0 Å². The molecule has 2 aromatic carbocycles. The Balaban J connectivity index is 1.74. The van der Waals surface area contributed by atoms with Gasteiger partial charge in [-0.05, 0) is 11.1 Å². The van der Waals surface area contributed by atoms with E-state index in [1.807, 2.05) is 36.4 Å². The van der Waals surface area contributed by atoms with Gasteiger partial charge in [0.15, 0.2) is 0 Å². The molecule has 0 aliphatic rings. The van der Waals surface area contributed by atoms with Gasteiger partial charge in [-0.3, -0.25) is 9.59 Å². The van der Waals surface area contributed by atoms with E-state index >= 15 is 0 Å². The number of carboxylic acid groups (broad SMARTS) is 1. The van der Waals surface area contributed by atoms with Gasteiger partial charge in [0.1, 0.15) is 19.3 Å². The summed E-state index contributed by atoms with van der Waals surface area (Å²) in [6.45, 7) is -0.0387. The summed E-state index contributed by atoms with van der Waals surface area (Å²) < 4.78 is 10.3. The molecule has 1 amide bonds. The molecule has 0 saturated carbocycles. The predicted molar refractivity (Wildman–Crippen MR) is 96.5 cm³/mol. The number of esters is 1. The monoisotopic (exact) mass is 371 g/mol. The molecule has 1 atom stereocenters. The van der Waals surface area contributed by atoms with Gasteiger partial charge < -0.3 is 19.9 Å². The van der Waals surface area contributed by atoms with Crippen molar-refractivity contribution in [1.29, 1.82) is 0 Å². The van der Waals surface area contributed by atoms with Crippen LogP contribution in [0.5, 0.6) is 0 Å². The predicted octanol–water partition coefficient (Wildman–Crippen LogP) is 1.91. The number of aliphatic carboxylic acids is 1. The molecular formula is C20H21NO6. The van der Waals surface area contributed by atoms with E-state index in [2.05, 4.69) is 5.32 Å². The van der Waals surface area contributed by atoms with Crippen molar-refractivity contribution >= 4 is 17.8 Å². The van der Waals surface area contributed by atoms with Crippen LogP contribution in [0.15, 0.2) is 60.7 Å². The van der Waals surface area contributed by atoms with Gasteiger partial charge in [0, 0.05) is 0 Å². The molecule has 0 heterocycles. The van der Waals surface area contributed by atoms with Gasteiger partial charge in [-0.1, -0.05) is 60.7 Å². The maximum absolute atomic E-state index is 11.9. The van der Waals surface area contributed by atoms with Crippen LogP contribution in [0.3, 0.4) is 0 Å². The van der Waals surface area contributed by atoms with Crippen molar-refractivity contribution < 1.29 is 29.0 Å². The Kier molecular flexibility index (Phi) is 7.99. The second-order valence-corrected chi connectivity index (χ2v) is 5.79. The zero-order chi connectivity index (χ0) is 19.5. The van der Waals surface area contributed by atoms with E-state index in [-0.39, 0.29) is 19.8 Å². The van der Waals surface area contributed by atoms with Crippen molar-refractivity contribution in [2.45, 2.75) is 25.7 Å². The Hall–Kier alpha value is -3.19. The van der Waals surface area contributed by atoms with Crippen molar-refractivity contribution in [3.8, 4) is 0 Å². The highest BCUT2D eigenvalue weighted by atomic mass is 16.5. The molecule has 142 valence electrons. The van der Waals surface area contributed by atoms with Gasteiger partial charge in [0.05, 0.1) is 13.0 Å². The van der Waals surface area contributed by atoms with Crippen molar-refractivity contribution in [1.82, 2.24) is 5.32 Å². The zero-order valence-electron chi connectivity index (χ0n) is 14.7. The number of carbonyl (C=O) groups is 3. The smallest absolute Gasteiger partial charge is 0.326 e. The van der Waals surface area contributed by atoms with E-state index in [1.165, 1.54) is 0 Å². The third-order valence-corrected chi connectivity index (χ3v) is 3.59. The Morgan fingerprint density at radius 2 is 1.44 bits per heavy atom. The van der Waals surface area contributed by atoms with E-state index in [9.17, 15) is 19.5 Å². The van der Waals surface area contributed by atoms with Crippen LogP contribution in [0.1, 0.15) is 17.5 Å². The first-order valence-corrected chi connectivity index (χ1v) is 8.38. The standard InChI is InChI=1S/C20H21NO6/c22-18(14-26-12-15-7-3-1-4-8-15)21-17(20(24)25)11-19(23)27-13-16-9-5-2-6-10-16/h1-10,17H,11-14H2,(H,21,22)(H,24,25)/t17-/m1/s1. The van der Waals surface area contributed by atoms with Gasteiger partial charge in [0.2, 0.25) is 5.91 Å². The summed E-state index contributed by atoms with van der Waals surface area (Å²) in [5.74, 6) is -2.64. The number of ether oxygens (including phenoxy) is 2. The fourth-order valence-electron chi connectivity index (χ4n) is 2.24. The number of carboxylic acids is 1. The quantitative estimate of drug-likeness (QED) is 0.619. The molecule has 27 heavy (non-hydrogen) atoms. The van der Waals surface area contributed by atoms with E-state index in [4.69, 9.17) is 9.47 Å². The lowest BCUT2D eigenvalue weighted by atomic mass is 10.2. The lowest BCUT2D eigenvalue weighted by Gasteiger charge is -2.14. The maximum Gasteiger partial charge on any atom is 0.326 e. The molecule has 2 rings (SSSR count). The second-order valence-electron chi connectivity index (χ2n) is 5.79. The minimum absolute atomic E-state index is 0.0418. The number of rotatable bonds is 10. The van der Waals surface area contributed by atoms with E-state index < -0.39 is 30.3 Å². The molecule has 0 radical (unpaired) electrons. The lowest BCUT2D eigenvalue weighted by Crippen LogP contribution is -2.44. The van der Waals surface area contributed by atoms with Crippen LogP contribution in [-0.2, 0) is 37.1 Å². The van der Waals surface area contributed by atoms with Gasteiger partial charge >= 0.3 is 11.9 Å². The molecule has 0 fully saturated rings. The van der Waals surface area contributed by atoms with Gasteiger partial charge in [-0.25, -0.2) is 4.79 Å². The molecule has 0 aromatic heterocycles. The Morgan fingerprint density at radius 3 is 2.00 bits per heavy atom. The molecule has 2 N–H and O–H groups in total. The SMILES string of the molecule is O=C(COCc1ccccc1)N[C@H](CC(=O)OCc1ccccc1)C(=O)O. The van der Waals surface area contributed by atoms with E-state index in [1.54, 1.807) is 24.3 Å². The van der Waals surface area contributed by atoms with Gasteiger partial charge in [0.25, 0.3) is 0 Å². The first-order chi connectivity index (χ1) is 13.0. The molecule has 7 heteroatoms. The number of benzene rings is 2. The summed E-state index contributed by atoms with van der Waals surface area (Å²) in [6, 6.07) is 16.9. The van der Waals surface area contributed by atoms with Crippen LogP contribution in [0.4, 0.5) is 0 Å². The number of amides is 1. The molecular weight excluding hydrogens is 350 g/mol. The molecule has 7 nitrogen and oxygen atoms in total. The molecule has 0 saturated heterocycles. The van der Waals surface area contributed by atoms with Crippen LogP contribution in [0.25, 0.3) is 0 Å². The number of hydrogen-bond acceptors (Lipinski definition) is 5. The molecule has 0 unspecified atom stereocenters. The zero-order valence-corrected chi connectivity index (χ0v) is 14.7. The van der Waals surface area contributed by atoms with Crippen LogP contribution in [0.2, 0.25) is 0 Å². The van der Waals surface area contributed by atoms with Gasteiger partial charge in [-0.15, -0.1) is 0 Å². The van der Waals surface area contributed by atoms with Crippen molar-refractivity contribution in [2.24, 2.45) is 0 Å². The minimum atomic E-state index is -1.37. The summed E-state index contributed by atoms with van der Waals surface area (Å²) in [6.07, 6.45) is -0.466. The maximum atomic E-state index is 11.9. The number of carbonyl (C=O) groups excluding carboxylic acids is 2. The van der Waals surface area contributed by atoms with Gasteiger partial charge in [-0.2, -0.15) is 0 Å². The van der Waals surface area contributed by atoms with E-state index in [0.29, 0.717) is 0 Å².